The number of nitrogens with zero attached hydrogens (tertiary/aromatic N) is 3. The van der Waals surface area contributed by atoms with Gasteiger partial charge in [0.25, 0.3) is 0 Å². The van der Waals surface area contributed by atoms with Crippen molar-refractivity contribution in [2.45, 2.75) is 50.5 Å². The summed E-state index contributed by atoms with van der Waals surface area (Å²) in [6.07, 6.45) is 6.58. The van der Waals surface area contributed by atoms with E-state index in [4.69, 9.17) is 0 Å². The molecule has 1 aromatic rings. The van der Waals surface area contributed by atoms with Gasteiger partial charge in [0, 0.05) is 45.3 Å². The molecule has 3 heterocycles. The second-order valence-electron chi connectivity index (χ2n) is 7.56. The van der Waals surface area contributed by atoms with Crippen molar-refractivity contribution < 1.29 is 9.59 Å². The molecule has 25 heavy (non-hydrogen) atoms. The second-order valence-corrected chi connectivity index (χ2v) is 7.56. The van der Waals surface area contributed by atoms with Crippen LogP contribution in [0.1, 0.15) is 44.7 Å². The predicted octanol–water partition coefficient (Wildman–Crippen LogP) is 1.77. The number of carbonyl (C=O) groups is 2. The monoisotopic (exact) mass is 342 g/mol. The quantitative estimate of drug-likeness (QED) is 0.845. The first-order chi connectivity index (χ1) is 12.1. The van der Waals surface area contributed by atoms with Crippen molar-refractivity contribution in [2.75, 3.05) is 31.5 Å². The zero-order chi connectivity index (χ0) is 17.4. The average Bonchev–Trinajstić information content (AvgIpc) is 2.79. The normalized spacial score (nSPS) is 30.0. The molecule has 0 aromatic carbocycles. The van der Waals surface area contributed by atoms with Gasteiger partial charge in [0.15, 0.2) is 0 Å². The van der Waals surface area contributed by atoms with E-state index in [2.05, 4.69) is 15.2 Å². The van der Waals surface area contributed by atoms with E-state index in [1.807, 2.05) is 17.0 Å². The van der Waals surface area contributed by atoms with E-state index in [9.17, 15) is 9.59 Å². The first kappa shape index (κ1) is 16.5. The summed E-state index contributed by atoms with van der Waals surface area (Å²) in [5, 5.41) is 3.02. The van der Waals surface area contributed by atoms with E-state index in [1.165, 1.54) is 0 Å². The molecule has 6 heteroatoms. The van der Waals surface area contributed by atoms with Gasteiger partial charge in [-0.05, 0) is 44.2 Å². The van der Waals surface area contributed by atoms with Crippen LogP contribution in [0.2, 0.25) is 0 Å². The summed E-state index contributed by atoms with van der Waals surface area (Å²) in [5.41, 5.74) is 1.40. The van der Waals surface area contributed by atoms with Gasteiger partial charge in [-0.15, -0.1) is 0 Å². The Bertz CT molecular complexity index is 682. The summed E-state index contributed by atoms with van der Waals surface area (Å²) in [4.78, 5) is 33.3. The molecule has 1 aromatic heterocycles. The molecular weight excluding hydrogens is 316 g/mol. The van der Waals surface area contributed by atoms with E-state index in [0.717, 1.165) is 69.7 Å². The van der Waals surface area contributed by atoms with Gasteiger partial charge < -0.3 is 10.2 Å². The molecule has 0 atom stereocenters. The van der Waals surface area contributed by atoms with E-state index in [-0.39, 0.29) is 11.8 Å². The number of hydrogen-bond donors (Lipinski definition) is 1. The minimum Gasteiger partial charge on any atom is -0.342 e. The Hall–Kier alpha value is -1.95. The number of aromatic nitrogens is 1. The van der Waals surface area contributed by atoms with Crippen LogP contribution in [-0.4, -0.2) is 58.8 Å². The molecule has 1 N–H and O–H groups in total. The highest BCUT2D eigenvalue weighted by Crippen LogP contribution is 2.47. The summed E-state index contributed by atoms with van der Waals surface area (Å²) in [6.45, 7) is 5.33. The van der Waals surface area contributed by atoms with Crippen LogP contribution in [-0.2, 0) is 15.0 Å². The van der Waals surface area contributed by atoms with Crippen molar-refractivity contribution >= 4 is 17.5 Å². The Morgan fingerprint density at radius 1 is 1.24 bits per heavy atom. The number of fused-ring (bicyclic) bond motifs is 2. The van der Waals surface area contributed by atoms with Gasteiger partial charge in [-0.2, -0.15) is 0 Å². The fourth-order valence-corrected chi connectivity index (χ4v) is 4.78. The van der Waals surface area contributed by atoms with Crippen LogP contribution in [0, 0.1) is 0 Å². The molecular formula is C19H26N4O2. The van der Waals surface area contributed by atoms with Gasteiger partial charge in [-0.25, -0.2) is 0 Å². The highest BCUT2D eigenvalue weighted by Gasteiger charge is 2.50. The molecule has 1 spiro atoms. The summed E-state index contributed by atoms with van der Waals surface area (Å²) in [7, 11) is 0. The lowest BCUT2D eigenvalue weighted by Gasteiger charge is -2.40. The van der Waals surface area contributed by atoms with Crippen LogP contribution in [0.15, 0.2) is 18.3 Å². The molecule has 0 bridgehead atoms. The van der Waals surface area contributed by atoms with E-state index >= 15 is 0 Å². The smallest absolute Gasteiger partial charge is 0.236 e. The van der Waals surface area contributed by atoms with Crippen molar-refractivity contribution in [1.29, 1.82) is 0 Å². The van der Waals surface area contributed by atoms with Crippen molar-refractivity contribution in [1.82, 2.24) is 14.8 Å². The molecule has 1 saturated carbocycles. The molecule has 2 amide bonds. The zero-order valence-corrected chi connectivity index (χ0v) is 14.8. The lowest BCUT2D eigenvalue weighted by atomic mass is 9.70. The van der Waals surface area contributed by atoms with E-state index in [1.54, 1.807) is 13.1 Å². The molecule has 0 radical (unpaired) electrons. The largest absolute Gasteiger partial charge is 0.342 e. The molecule has 2 aliphatic heterocycles. The van der Waals surface area contributed by atoms with Crippen LogP contribution in [0.3, 0.4) is 0 Å². The zero-order valence-electron chi connectivity index (χ0n) is 14.8. The number of amides is 2. The third kappa shape index (κ3) is 2.82. The molecule has 6 nitrogen and oxygen atoms in total. The van der Waals surface area contributed by atoms with Crippen molar-refractivity contribution in [3.05, 3.63) is 24.0 Å². The van der Waals surface area contributed by atoms with Crippen molar-refractivity contribution in [2.24, 2.45) is 0 Å². The second kappa shape index (κ2) is 6.41. The standard InChI is InChI=1S/C19H26N4O2/c1-14(24)22-10-3-11-23(13-12-22)15-5-7-19(8-6-15)17-16(21-18(19)25)4-2-9-20-17/h2,4,9,15H,3,5-8,10-13H2,1H3,(H,21,25). The predicted molar refractivity (Wildman–Crippen MR) is 95.2 cm³/mol. The minimum absolute atomic E-state index is 0.123. The SMILES string of the molecule is CC(=O)N1CCCN(C2CCC3(CC2)C(=O)Nc2cccnc23)CC1. The van der Waals surface area contributed by atoms with Crippen LogP contribution < -0.4 is 5.32 Å². The van der Waals surface area contributed by atoms with E-state index < -0.39 is 5.41 Å². The van der Waals surface area contributed by atoms with Gasteiger partial charge in [-0.1, -0.05) is 0 Å². The number of hydrogen-bond acceptors (Lipinski definition) is 4. The van der Waals surface area contributed by atoms with E-state index in [0.29, 0.717) is 6.04 Å². The van der Waals surface area contributed by atoms with Gasteiger partial charge in [-0.3, -0.25) is 19.5 Å². The average molecular weight is 342 g/mol. The number of anilines is 1. The summed E-state index contributed by atoms with van der Waals surface area (Å²) >= 11 is 0. The third-order valence-corrected chi connectivity index (χ3v) is 6.24. The third-order valence-electron chi connectivity index (χ3n) is 6.24. The van der Waals surface area contributed by atoms with Crippen molar-refractivity contribution in [3.8, 4) is 0 Å². The molecule has 1 saturated heterocycles. The number of rotatable bonds is 1. The maximum atomic E-state index is 12.7. The fraction of sp³-hybridized carbons (Fsp3) is 0.632. The number of pyridine rings is 1. The highest BCUT2D eigenvalue weighted by atomic mass is 16.2. The number of nitrogens with one attached hydrogen (secondary N) is 1. The summed E-state index contributed by atoms with van der Waals surface area (Å²) in [5.74, 6) is 0.299. The molecule has 0 unspecified atom stereocenters. The fourth-order valence-electron chi connectivity index (χ4n) is 4.78. The van der Waals surface area contributed by atoms with Gasteiger partial charge >= 0.3 is 0 Å². The van der Waals surface area contributed by atoms with Crippen LogP contribution in [0.25, 0.3) is 0 Å². The Balaban J connectivity index is 1.44. The van der Waals surface area contributed by atoms with Crippen molar-refractivity contribution in [3.63, 3.8) is 0 Å². The maximum Gasteiger partial charge on any atom is 0.236 e. The Labute approximate surface area is 148 Å². The van der Waals surface area contributed by atoms with Gasteiger partial charge in [0.1, 0.15) is 0 Å². The minimum atomic E-state index is -0.426. The first-order valence-corrected chi connectivity index (χ1v) is 9.37. The summed E-state index contributed by atoms with van der Waals surface area (Å²) < 4.78 is 0. The lowest BCUT2D eigenvalue weighted by molar-refractivity contribution is -0.128. The summed E-state index contributed by atoms with van der Waals surface area (Å²) in [6, 6.07) is 4.34. The van der Waals surface area contributed by atoms with Gasteiger partial charge in [0.05, 0.1) is 16.8 Å². The molecule has 2 fully saturated rings. The lowest BCUT2D eigenvalue weighted by Crippen LogP contribution is -2.46. The molecule has 1 aliphatic carbocycles. The number of carbonyl (C=O) groups excluding carboxylic acids is 2. The van der Waals surface area contributed by atoms with Crippen LogP contribution >= 0.6 is 0 Å². The Morgan fingerprint density at radius 2 is 2.04 bits per heavy atom. The highest BCUT2D eigenvalue weighted by molar-refractivity contribution is 6.05. The topological polar surface area (TPSA) is 65.5 Å². The van der Waals surface area contributed by atoms with Gasteiger partial charge in [0.2, 0.25) is 11.8 Å². The molecule has 134 valence electrons. The molecule has 3 aliphatic rings. The Kier molecular flexibility index (Phi) is 4.23. The first-order valence-electron chi connectivity index (χ1n) is 9.37. The van der Waals surface area contributed by atoms with Crippen LogP contribution in [0.5, 0.6) is 0 Å². The molecule has 4 rings (SSSR count). The maximum absolute atomic E-state index is 12.7. The van der Waals surface area contributed by atoms with Crippen LogP contribution in [0.4, 0.5) is 5.69 Å². The Morgan fingerprint density at radius 3 is 2.80 bits per heavy atom.